The largest absolute Gasteiger partial charge is 0.337 e. The summed E-state index contributed by atoms with van der Waals surface area (Å²) in [6.07, 6.45) is 3.28. The molecule has 120 valence electrons. The predicted molar refractivity (Wildman–Crippen MR) is 86.0 cm³/mol. The summed E-state index contributed by atoms with van der Waals surface area (Å²) in [4.78, 5) is 13.7. The Morgan fingerprint density at radius 1 is 1.43 bits per heavy atom. The van der Waals surface area contributed by atoms with Gasteiger partial charge in [-0.2, -0.15) is 16.1 Å². The van der Waals surface area contributed by atoms with Crippen LogP contribution in [0.4, 0.5) is 4.79 Å². The van der Waals surface area contributed by atoms with Crippen LogP contribution in [0.15, 0.2) is 12.7 Å². The van der Waals surface area contributed by atoms with E-state index in [4.69, 9.17) is 0 Å². The molecule has 0 aromatic heterocycles. The molecular formula is C13H23N3O3S2. The van der Waals surface area contributed by atoms with Crippen molar-refractivity contribution in [2.24, 2.45) is 0 Å². The maximum Gasteiger partial charge on any atom is 0.317 e. The molecule has 0 aromatic carbocycles. The van der Waals surface area contributed by atoms with Crippen molar-refractivity contribution in [3.05, 3.63) is 12.7 Å². The van der Waals surface area contributed by atoms with Gasteiger partial charge in [0.2, 0.25) is 10.0 Å². The second-order valence-electron chi connectivity index (χ2n) is 5.26. The smallest absolute Gasteiger partial charge is 0.317 e. The predicted octanol–water partition coefficient (Wildman–Crippen LogP) is 0.725. The third-order valence-corrected chi connectivity index (χ3v) is 6.72. The molecule has 2 saturated heterocycles. The van der Waals surface area contributed by atoms with Crippen molar-refractivity contribution in [3.8, 4) is 0 Å². The molecule has 8 heteroatoms. The lowest BCUT2D eigenvalue weighted by Crippen LogP contribution is -2.43. The Kier molecular flexibility index (Phi) is 5.95. The molecule has 0 radical (unpaired) electrons. The van der Waals surface area contributed by atoms with Crippen LogP contribution in [0.25, 0.3) is 0 Å². The third-order valence-electron chi connectivity index (χ3n) is 3.75. The maximum absolute atomic E-state index is 12.0. The number of urea groups is 1. The standard InChI is InChI=1S/C13H23N3O3S2/c1-2-8-20-9-5-14-13(17)15-7-4-12(11-15)16-6-3-10-21(16,18)19/h2,12H,1,3-11H2,(H,14,17). The maximum atomic E-state index is 12.0. The number of amides is 2. The van der Waals surface area contributed by atoms with Crippen molar-refractivity contribution in [1.82, 2.24) is 14.5 Å². The molecule has 0 bridgehead atoms. The van der Waals surface area contributed by atoms with E-state index in [0.717, 1.165) is 17.9 Å². The average Bonchev–Trinajstić information content (AvgIpc) is 3.04. The van der Waals surface area contributed by atoms with Crippen LogP contribution in [0, 0.1) is 0 Å². The Morgan fingerprint density at radius 3 is 2.90 bits per heavy atom. The molecule has 21 heavy (non-hydrogen) atoms. The van der Waals surface area contributed by atoms with Gasteiger partial charge in [0.05, 0.1) is 5.75 Å². The van der Waals surface area contributed by atoms with Crippen LogP contribution in [0.2, 0.25) is 0 Å². The number of carbonyl (C=O) groups excluding carboxylic acids is 1. The molecule has 0 aliphatic carbocycles. The monoisotopic (exact) mass is 333 g/mol. The summed E-state index contributed by atoms with van der Waals surface area (Å²) in [6.45, 7) is 6.00. The molecule has 0 saturated carbocycles. The number of rotatable bonds is 6. The van der Waals surface area contributed by atoms with Crippen LogP contribution in [0.5, 0.6) is 0 Å². The van der Waals surface area contributed by atoms with Gasteiger partial charge in [-0.15, -0.1) is 6.58 Å². The molecule has 2 aliphatic heterocycles. The molecule has 1 atom stereocenters. The highest BCUT2D eigenvalue weighted by molar-refractivity contribution is 7.99. The van der Waals surface area contributed by atoms with Crippen LogP contribution in [-0.4, -0.2) is 73.1 Å². The minimum Gasteiger partial charge on any atom is -0.337 e. The van der Waals surface area contributed by atoms with Gasteiger partial charge >= 0.3 is 6.03 Å². The van der Waals surface area contributed by atoms with Crippen LogP contribution in [-0.2, 0) is 10.0 Å². The first-order valence-electron chi connectivity index (χ1n) is 7.25. The van der Waals surface area contributed by atoms with E-state index >= 15 is 0 Å². The number of nitrogens with zero attached hydrogens (tertiary/aromatic N) is 2. The fourth-order valence-corrected chi connectivity index (χ4v) is 5.08. The zero-order valence-corrected chi connectivity index (χ0v) is 13.8. The first-order valence-corrected chi connectivity index (χ1v) is 10.0. The normalized spacial score (nSPS) is 25.1. The van der Waals surface area contributed by atoms with Crippen LogP contribution in [0.1, 0.15) is 12.8 Å². The summed E-state index contributed by atoms with van der Waals surface area (Å²) in [5.41, 5.74) is 0. The van der Waals surface area contributed by atoms with Gasteiger partial charge in [-0.05, 0) is 12.8 Å². The quantitative estimate of drug-likeness (QED) is 0.574. The summed E-state index contributed by atoms with van der Waals surface area (Å²) in [5.74, 6) is 1.99. The first-order chi connectivity index (χ1) is 10.0. The molecule has 0 spiro atoms. The lowest BCUT2D eigenvalue weighted by atomic mass is 10.2. The SMILES string of the molecule is C=CCSCCNC(=O)N1CCC(N2CCCS2(=O)=O)C1. The first kappa shape index (κ1) is 16.6. The van der Waals surface area contributed by atoms with Crippen molar-refractivity contribution >= 4 is 27.8 Å². The van der Waals surface area contributed by atoms with Crippen LogP contribution >= 0.6 is 11.8 Å². The Morgan fingerprint density at radius 2 is 2.24 bits per heavy atom. The molecule has 6 nitrogen and oxygen atoms in total. The molecule has 2 fully saturated rings. The van der Waals surface area contributed by atoms with Crippen molar-refractivity contribution in [2.45, 2.75) is 18.9 Å². The van der Waals surface area contributed by atoms with E-state index < -0.39 is 10.0 Å². The molecule has 2 amide bonds. The van der Waals surface area contributed by atoms with E-state index in [1.54, 1.807) is 21.0 Å². The molecule has 2 heterocycles. The molecule has 0 aromatic rings. The molecule has 2 aliphatic rings. The van der Waals surface area contributed by atoms with E-state index in [2.05, 4.69) is 11.9 Å². The Labute approximate surface area is 131 Å². The van der Waals surface area contributed by atoms with Crippen molar-refractivity contribution in [3.63, 3.8) is 0 Å². The van der Waals surface area contributed by atoms with E-state index in [1.807, 2.05) is 6.08 Å². The van der Waals surface area contributed by atoms with Gasteiger partial charge in [0.25, 0.3) is 0 Å². The van der Waals surface area contributed by atoms with Gasteiger partial charge in [0.1, 0.15) is 0 Å². The zero-order valence-electron chi connectivity index (χ0n) is 12.2. The van der Waals surface area contributed by atoms with Gasteiger partial charge in [-0.1, -0.05) is 6.08 Å². The van der Waals surface area contributed by atoms with Crippen LogP contribution < -0.4 is 5.32 Å². The Bertz CT molecular complexity index is 481. The number of likely N-dealkylation sites (tertiary alicyclic amines) is 1. The van der Waals surface area contributed by atoms with Gasteiger partial charge in [0.15, 0.2) is 0 Å². The molecule has 1 unspecified atom stereocenters. The Balaban J connectivity index is 1.74. The summed E-state index contributed by atoms with van der Waals surface area (Å²) in [7, 11) is -3.08. The molecule has 1 N–H and O–H groups in total. The average molecular weight is 333 g/mol. The molecular weight excluding hydrogens is 310 g/mol. The van der Waals surface area contributed by atoms with Gasteiger partial charge in [0, 0.05) is 43.7 Å². The van der Waals surface area contributed by atoms with Crippen molar-refractivity contribution in [1.29, 1.82) is 0 Å². The van der Waals surface area contributed by atoms with E-state index in [1.165, 1.54) is 0 Å². The van der Waals surface area contributed by atoms with Gasteiger partial charge in [-0.3, -0.25) is 0 Å². The van der Waals surface area contributed by atoms with Crippen LogP contribution in [0.3, 0.4) is 0 Å². The lowest BCUT2D eigenvalue weighted by Gasteiger charge is -2.22. The fourth-order valence-electron chi connectivity index (χ4n) is 2.74. The number of hydrogen-bond acceptors (Lipinski definition) is 4. The second kappa shape index (κ2) is 7.51. The topological polar surface area (TPSA) is 69.7 Å². The van der Waals surface area contributed by atoms with E-state index in [-0.39, 0.29) is 17.8 Å². The molecule has 2 rings (SSSR count). The lowest BCUT2D eigenvalue weighted by molar-refractivity contribution is 0.206. The third kappa shape index (κ3) is 4.37. The minimum absolute atomic E-state index is 0.0432. The summed E-state index contributed by atoms with van der Waals surface area (Å²) >= 11 is 1.72. The second-order valence-corrected chi connectivity index (χ2v) is 8.46. The highest BCUT2D eigenvalue weighted by Crippen LogP contribution is 2.23. The number of carbonyl (C=O) groups is 1. The van der Waals surface area contributed by atoms with E-state index in [9.17, 15) is 13.2 Å². The summed E-state index contributed by atoms with van der Waals surface area (Å²) < 4.78 is 25.4. The van der Waals surface area contributed by atoms with Gasteiger partial charge in [-0.25, -0.2) is 13.2 Å². The zero-order chi connectivity index (χ0) is 15.3. The number of sulfonamides is 1. The number of thioether (sulfide) groups is 1. The summed E-state index contributed by atoms with van der Waals surface area (Å²) in [6, 6.07) is -0.133. The summed E-state index contributed by atoms with van der Waals surface area (Å²) in [5, 5.41) is 2.88. The Hall–Kier alpha value is -0.730. The van der Waals surface area contributed by atoms with E-state index in [0.29, 0.717) is 32.6 Å². The fraction of sp³-hybridized carbons (Fsp3) is 0.769. The van der Waals surface area contributed by atoms with Crippen molar-refractivity contribution < 1.29 is 13.2 Å². The highest BCUT2D eigenvalue weighted by atomic mass is 32.2. The highest BCUT2D eigenvalue weighted by Gasteiger charge is 2.38. The van der Waals surface area contributed by atoms with Gasteiger partial charge < -0.3 is 10.2 Å². The number of nitrogens with one attached hydrogen (secondary N) is 1. The van der Waals surface area contributed by atoms with Crippen molar-refractivity contribution in [2.75, 3.05) is 43.4 Å². The number of hydrogen-bond donors (Lipinski definition) is 1. The minimum atomic E-state index is -3.08.